The summed E-state index contributed by atoms with van der Waals surface area (Å²) in [7, 11) is 2.63. The van der Waals surface area contributed by atoms with E-state index in [-0.39, 0.29) is 11.5 Å². The normalized spacial score (nSPS) is 12.0. The van der Waals surface area contributed by atoms with Gasteiger partial charge in [-0.1, -0.05) is 0 Å². The Kier molecular flexibility index (Phi) is 3.71. The predicted molar refractivity (Wildman–Crippen MR) is 55.6 cm³/mol. The number of methoxy groups -OCH3 is 2. The third-order valence-electron chi connectivity index (χ3n) is 2.34. The number of carboxylic acids is 1. The number of aliphatic carboxylic acids is 1. The molecule has 16 heavy (non-hydrogen) atoms. The molecule has 1 N–H and O–H groups in total. The molecule has 0 aliphatic rings. The van der Waals surface area contributed by atoms with E-state index in [0.717, 1.165) is 0 Å². The zero-order chi connectivity index (χ0) is 12.3. The number of carbonyl (C=O) groups is 1. The fraction of sp³-hybridized carbons (Fsp3) is 0.364. The van der Waals surface area contributed by atoms with Crippen LogP contribution in [0.2, 0.25) is 0 Å². The van der Waals surface area contributed by atoms with Crippen molar-refractivity contribution in [1.82, 2.24) is 0 Å². The molecule has 0 aromatic heterocycles. The van der Waals surface area contributed by atoms with Crippen molar-refractivity contribution >= 4 is 5.97 Å². The summed E-state index contributed by atoms with van der Waals surface area (Å²) in [6.45, 7) is 1.51. The highest BCUT2D eigenvalue weighted by molar-refractivity contribution is 5.76. The summed E-state index contributed by atoms with van der Waals surface area (Å²) in [6.07, 6.45) is 0. The molecule has 5 heteroatoms. The summed E-state index contributed by atoms with van der Waals surface area (Å²) in [5.41, 5.74) is 0.433. The first-order valence-corrected chi connectivity index (χ1v) is 4.65. The molecule has 1 unspecified atom stereocenters. The Bertz CT molecular complexity index is 378. The first kappa shape index (κ1) is 12.3. The lowest BCUT2D eigenvalue weighted by Crippen LogP contribution is -2.08. The van der Waals surface area contributed by atoms with E-state index in [1.165, 1.54) is 33.3 Å². The lowest BCUT2D eigenvalue weighted by molar-refractivity contribution is -0.138. The quantitative estimate of drug-likeness (QED) is 0.856. The molecule has 1 aromatic carbocycles. The highest BCUT2D eigenvalue weighted by Gasteiger charge is 2.19. The minimum atomic E-state index is -0.990. The maximum absolute atomic E-state index is 13.5. The number of ether oxygens (including phenoxy) is 2. The van der Waals surface area contributed by atoms with E-state index >= 15 is 0 Å². The fourth-order valence-corrected chi connectivity index (χ4v) is 1.28. The third kappa shape index (κ3) is 2.24. The van der Waals surface area contributed by atoms with Crippen LogP contribution in [-0.4, -0.2) is 25.3 Å². The summed E-state index contributed by atoms with van der Waals surface area (Å²) < 4.78 is 23.1. The van der Waals surface area contributed by atoms with Gasteiger partial charge in [0.05, 0.1) is 20.1 Å². The molecule has 0 aliphatic carbocycles. The average Bonchev–Trinajstić information content (AvgIpc) is 2.28. The van der Waals surface area contributed by atoms with Crippen LogP contribution < -0.4 is 9.47 Å². The summed E-state index contributed by atoms with van der Waals surface area (Å²) in [5.74, 6) is -2.42. The fourth-order valence-electron chi connectivity index (χ4n) is 1.28. The number of carboxylic acid groups (broad SMARTS) is 1. The number of benzene rings is 1. The number of halogens is 1. The van der Waals surface area contributed by atoms with Crippen molar-refractivity contribution in [2.75, 3.05) is 14.2 Å². The molecule has 0 radical (unpaired) electrons. The molecule has 0 spiro atoms. The molecule has 0 aliphatic heterocycles. The maximum atomic E-state index is 13.5. The van der Waals surface area contributed by atoms with Crippen molar-refractivity contribution in [2.45, 2.75) is 12.8 Å². The van der Waals surface area contributed by atoms with E-state index in [0.29, 0.717) is 5.56 Å². The Morgan fingerprint density at radius 3 is 2.06 bits per heavy atom. The predicted octanol–water partition coefficient (Wildman–Crippen LogP) is 2.03. The number of hydrogen-bond acceptors (Lipinski definition) is 3. The van der Waals surface area contributed by atoms with Crippen LogP contribution >= 0.6 is 0 Å². The second kappa shape index (κ2) is 4.83. The molecule has 0 fully saturated rings. The molecule has 1 rings (SSSR count). The SMILES string of the molecule is COc1cc(C(C)C(=O)O)cc(OC)c1F. The van der Waals surface area contributed by atoms with Crippen LogP contribution in [0.1, 0.15) is 18.4 Å². The monoisotopic (exact) mass is 228 g/mol. The standard InChI is InChI=1S/C11H13FO4/c1-6(11(13)14)7-4-8(15-2)10(12)9(5-7)16-3/h4-6H,1-3H3,(H,13,14). The first-order valence-electron chi connectivity index (χ1n) is 4.65. The highest BCUT2D eigenvalue weighted by Crippen LogP contribution is 2.31. The van der Waals surface area contributed by atoms with Gasteiger partial charge in [-0.05, 0) is 24.6 Å². The van der Waals surface area contributed by atoms with Crippen molar-refractivity contribution in [1.29, 1.82) is 0 Å². The third-order valence-corrected chi connectivity index (χ3v) is 2.34. The maximum Gasteiger partial charge on any atom is 0.310 e. The molecule has 0 saturated heterocycles. The summed E-state index contributed by atoms with van der Waals surface area (Å²) in [4.78, 5) is 10.8. The van der Waals surface area contributed by atoms with Crippen molar-refractivity contribution in [3.63, 3.8) is 0 Å². The van der Waals surface area contributed by atoms with Gasteiger partial charge in [-0.2, -0.15) is 4.39 Å². The molecule has 0 heterocycles. The van der Waals surface area contributed by atoms with Crippen molar-refractivity contribution in [3.8, 4) is 11.5 Å². The number of rotatable bonds is 4. The van der Waals surface area contributed by atoms with Crippen LogP contribution in [0.25, 0.3) is 0 Å². The Balaban J connectivity index is 3.26. The molecular weight excluding hydrogens is 215 g/mol. The van der Waals surface area contributed by atoms with Gasteiger partial charge in [-0.25, -0.2) is 0 Å². The van der Waals surface area contributed by atoms with E-state index < -0.39 is 17.7 Å². The van der Waals surface area contributed by atoms with Gasteiger partial charge in [-0.3, -0.25) is 4.79 Å². The van der Waals surface area contributed by atoms with Gasteiger partial charge in [0.2, 0.25) is 5.82 Å². The molecular formula is C11H13FO4. The minimum Gasteiger partial charge on any atom is -0.494 e. The summed E-state index contributed by atoms with van der Waals surface area (Å²) in [6, 6.07) is 2.72. The molecule has 4 nitrogen and oxygen atoms in total. The smallest absolute Gasteiger partial charge is 0.310 e. The molecule has 0 saturated carbocycles. The van der Waals surface area contributed by atoms with E-state index in [9.17, 15) is 9.18 Å². The van der Waals surface area contributed by atoms with Gasteiger partial charge in [0.25, 0.3) is 0 Å². The number of hydrogen-bond donors (Lipinski definition) is 1. The zero-order valence-corrected chi connectivity index (χ0v) is 9.28. The molecule has 88 valence electrons. The summed E-state index contributed by atoms with van der Waals surface area (Å²) in [5, 5.41) is 8.86. The zero-order valence-electron chi connectivity index (χ0n) is 9.28. The topological polar surface area (TPSA) is 55.8 Å². The van der Waals surface area contributed by atoms with Crippen LogP contribution in [-0.2, 0) is 4.79 Å². The van der Waals surface area contributed by atoms with Crippen LogP contribution in [0.3, 0.4) is 0 Å². The Hall–Kier alpha value is -1.78. The Labute approximate surface area is 92.6 Å². The van der Waals surface area contributed by atoms with Gasteiger partial charge in [0.15, 0.2) is 11.5 Å². The molecule has 1 aromatic rings. The summed E-state index contributed by atoms with van der Waals surface area (Å²) >= 11 is 0. The Morgan fingerprint density at radius 1 is 1.31 bits per heavy atom. The molecule has 1 atom stereocenters. The van der Waals surface area contributed by atoms with Crippen LogP contribution in [0.15, 0.2) is 12.1 Å². The van der Waals surface area contributed by atoms with Gasteiger partial charge in [0, 0.05) is 0 Å². The first-order chi connectivity index (χ1) is 7.51. The van der Waals surface area contributed by atoms with Crippen molar-refractivity contribution in [2.24, 2.45) is 0 Å². The molecule has 0 bridgehead atoms. The second-order valence-corrected chi connectivity index (χ2v) is 3.30. The van der Waals surface area contributed by atoms with E-state index in [2.05, 4.69) is 0 Å². The average molecular weight is 228 g/mol. The van der Waals surface area contributed by atoms with E-state index in [1.54, 1.807) is 0 Å². The van der Waals surface area contributed by atoms with Crippen LogP contribution in [0.5, 0.6) is 11.5 Å². The van der Waals surface area contributed by atoms with Gasteiger partial charge in [0.1, 0.15) is 0 Å². The second-order valence-electron chi connectivity index (χ2n) is 3.30. The largest absolute Gasteiger partial charge is 0.494 e. The lowest BCUT2D eigenvalue weighted by atomic mass is 10.0. The van der Waals surface area contributed by atoms with Gasteiger partial charge in [-0.15, -0.1) is 0 Å². The van der Waals surface area contributed by atoms with E-state index in [4.69, 9.17) is 14.6 Å². The highest BCUT2D eigenvalue weighted by atomic mass is 19.1. The van der Waals surface area contributed by atoms with Crippen LogP contribution in [0, 0.1) is 5.82 Å². The van der Waals surface area contributed by atoms with Gasteiger partial charge >= 0.3 is 5.97 Å². The van der Waals surface area contributed by atoms with Crippen molar-refractivity contribution in [3.05, 3.63) is 23.5 Å². The lowest BCUT2D eigenvalue weighted by Gasteiger charge is -2.12. The van der Waals surface area contributed by atoms with Gasteiger partial charge < -0.3 is 14.6 Å². The van der Waals surface area contributed by atoms with Crippen LogP contribution in [0.4, 0.5) is 4.39 Å². The molecule has 0 amide bonds. The minimum absolute atomic E-state index is 0.0255. The Morgan fingerprint density at radius 2 is 1.75 bits per heavy atom. The van der Waals surface area contributed by atoms with Crippen molar-refractivity contribution < 1.29 is 23.8 Å². The van der Waals surface area contributed by atoms with E-state index in [1.807, 2.05) is 0 Å².